The van der Waals surface area contributed by atoms with Gasteiger partial charge in [-0.25, -0.2) is 9.78 Å². The maximum atomic E-state index is 10.9. The summed E-state index contributed by atoms with van der Waals surface area (Å²) in [6.45, 7) is 1.75. The van der Waals surface area contributed by atoms with Crippen LogP contribution in [0.15, 0.2) is 30.7 Å². The number of rotatable bonds is 2. The lowest BCUT2D eigenvalue weighted by atomic mass is 9.99. The third-order valence-electron chi connectivity index (χ3n) is 3.31. The van der Waals surface area contributed by atoms with Gasteiger partial charge in [0.05, 0.1) is 12.5 Å². The van der Waals surface area contributed by atoms with Crippen molar-refractivity contribution in [3.05, 3.63) is 41.9 Å². The second kappa shape index (κ2) is 4.64. The van der Waals surface area contributed by atoms with Crippen LogP contribution in [0.5, 0.6) is 0 Å². The number of imidazole rings is 1. The summed E-state index contributed by atoms with van der Waals surface area (Å²) in [5.41, 5.74) is 8.38. The van der Waals surface area contributed by atoms with Crippen LogP contribution in [0.4, 0.5) is 16.3 Å². The molecule has 2 aromatic rings. The zero-order valence-electron chi connectivity index (χ0n) is 10.4. The molecule has 3 rings (SSSR count). The summed E-state index contributed by atoms with van der Waals surface area (Å²) in [4.78, 5) is 20.2. The number of anilines is 2. The van der Waals surface area contributed by atoms with Gasteiger partial charge in [0.2, 0.25) is 0 Å². The number of hydrogen-bond donors (Lipinski definition) is 3. The Morgan fingerprint density at radius 2 is 2.32 bits per heavy atom. The molecule has 19 heavy (non-hydrogen) atoms. The Bertz CT molecular complexity index is 593. The average molecular weight is 257 g/mol. The van der Waals surface area contributed by atoms with Crippen LogP contribution in [0, 0.1) is 0 Å². The van der Waals surface area contributed by atoms with Crippen LogP contribution < -0.4 is 16.0 Å². The van der Waals surface area contributed by atoms with Gasteiger partial charge in [0.15, 0.2) is 0 Å². The van der Waals surface area contributed by atoms with Gasteiger partial charge in [-0.2, -0.15) is 0 Å². The zero-order valence-corrected chi connectivity index (χ0v) is 10.4. The van der Waals surface area contributed by atoms with E-state index in [9.17, 15) is 4.79 Å². The molecule has 0 radical (unpaired) electrons. The van der Waals surface area contributed by atoms with E-state index >= 15 is 0 Å². The van der Waals surface area contributed by atoms with Crippen LogP contribution in [-0.4, -0.2) is 22.5 Å². The molecule has 0 aliphatic carbocycles. The first-order chi connectivity index (χ1) is 9.22. The van der Waals surface area contributed by atoms with Gasteiger partial charge in [0.25, 0.3) is 0 Å². The zero-order chi connectivity index (χ0) is 13.2. The Hall–Kier alpha value is -2.50. The highest BCUT2D eigenvalue weighted by Gasteiger charge is 2.17. The molecule has 0 fully saturated rings. The molecular formula is C13H15N5O. The second-order valence-electron chi connectivity index (χ2n) is 4.58. The molecular weight excluding hydrogens is 242 g/mol. The van der Waals surface area contributed by atoms with Crippen molar-refractivity contribution in [1.29, 1.82) is 0 Å². The van der Waals surface area contributed by atoms with E-state index in [1.165, 1.54) is 11.1 Å². The van der Waals surface area contributed by atoms with Crippen molar-refractivity contribution in [1.82, 2.24) is 9.97 Å². The fourth-order valence-electron chi connectivity index (χ4n) is 2.40. The van der Waals surface area contributed by atoms with E-state index in [0.717, 1.165) is 31.0 Å². The summed E-state index contributed by atoms with van der Waals surface area (Å²) in [5.74, 6) is 1.01. The number of nitrogens with two attached hydrogens (primary N) is 1. The number of aromatic nitrogens is 2. The molecule has 98 valence electrons. The Balaban J connectivity index is 1.84. The van der Waals surface area contributed by atoms with Gasteiger partial charge >= 0.3 is 6.03 Å². The third kappa shape index (κ3) is 2.37. The van der Waals surface area contributed by atoms with Crippen LogP contribution in [0.1, 0.15) is 11.1 Å². The van der Waals surface area contributed by atoms with Gasteiger partial charge in [0.1, 0.15) is 5.82 Å². The fraction of sp³-hybridized carbons (Fsp3) is 0.231. The summed E-state index contributed by atoms with van der Waals surface area (Å²) in [5, 5.41) is 2.60. The highest BCUT2D eigenvalue weighted by Crippen LogP contribution is 2.25. The first-order valence-electron chi connectivity index (χ1n) is 6.14. The number of primary amides is 1. The smallest absolute Gasteiger partial charge is 0.316 e. The number of nitrogens with one attached hydrogen (secondary N) is 2. The van der Waals surface area contributed by atoms with Gasteiger partial charge in [0, 0.05) is 18.8 Å². The molecule has 4 N–H and O–H groups in total. The van der Waals surface area contributed by atoms with E-state index in [-0.39, 0.29) is 0 Å². The third-order valence-corrected chi connectivity index (χ3v) is 3.31. The normalized spacial score (nSPS) is 14.0. The van der Waals surface area contributed by atoms with Crippen LogP contribution in [0.25, 0.3) is 0 Å². The Morgan fingerprint density at radius 3 is 3.05 bits per heavy atom. The molecule has 0 saturated heterocycles. The number of carbonyl (C=O) groups is 1. The minimum absolute atomic E-state index is 0.541. The summed E-state index contributed by atoms with van der Waals surface area (Å²) in [6.07, 6.45) is 4.47. The molecule has 0 saturated carbocycles. The molecule has 1 aliphatic rings. The molecule has 1 aromatic carbocycles. The molecule has 6 nitrogen and oxygen atoms in total. The Labute approximate surface area is 110 Å². The number of nitrogens with zero attached hydrogens (tertiary/aromatic N) is 2. The van der Waals surface area contributed by atoms with Gasteiger partial charge in [-0.3, -0.25) is 0 Å². The monoisotopic (exact) mass is 257 g/mol. The van der Waals surface area contributed by atoms with Crippen molar-refractivity contribution >= 4 is 17.5 Å². The van der Waals surface area contributed by atoms with Gasteiger partial charge in [-0.1, -0.05) is 6.07 Å². The molecule has 6 heteroatoms. The van der Waals surface area contributed by atoms with Gasteiger partial charge in [-0.05, 0) is 29.7 Å². The number of urea groups is 1. The quantitative estimate of drug-likeness (QED) is 0.761. The molecule has 1 aromatic heterocycles. The molecule has 0 bridgehead atoms. The van der Waals surface area contributed by atoms with Crippen LogP contribution in [-0.2, 0) is 13.0 Å². The van der Waals surface area contributed by atoms with Crippen LogP contribution in [0.2, 0.25) is 0 Å². The number of carbonyl (C=O) groups excluding carboxylic acids is 1. The number of aromatic amines is 1. The number of H-pyrrole nitrogens is 1. The SMILES string of the molecule is NC(=O)Nc1ccc2c(c1)CN(c1cnc[nH]1)CC2. The van der Waals surface area contributed by atoms with E-state index < -0.39 is 6.03 Å². The first-order valence-corrected chi connectivity index (χ1v) is 6.14. The van der Waals surface area contributed by atoms with Crippen LogP contribution in [0.3, 0.4) is 0 Å². The molecule has 0 atom stereocenters. The summed E-state index contributed by atoms with van der Waals surface area (Å²) in [6, 6.07) is 5.37. The average Bonchev–Trinajstić information content (AvgIpc) is 2.91. The molecule has 0 spiro atoms. The molecule has 2 amide bonds. The minimum atomic E-state index is -0.541. The second-order valence-corrected chi connectivity index (χ2v) is 4.58. The van der Waals surface area contributed by atoms with E-state index in [0.29, 0.717) is 0 Å². The largest absolute Gasteiger partial charge is 0.352 e. The topological polar surface area (TPSA) is 87.0 Å². The fourth-order valence-corrected chi connectivity index (χ4v) is 2.40. The van der Waals surface area contributed by atoms with Gasteiger partial charge < -0.3 is 20.9 Å². The van der Waals surface area contributed by atoms with E-state index in [2.05, 4.69) is 20.2 Å². The van der Waals surface area contributed by atoms with Gasteiger partial charge in [-0.15, -0.1) is 0 Å². The minimum Gasteiger partial charge on any atom is -0.352 e. The maximum Gasteiger partial charge on any atom is 0.316 e. The van der Waals surface area contributed by atoms with Crippen molar-refractivity contribution in [2.45, 2.75) is 13.0 Å². The van der Waals surface area contributed by atoms with Crippen LogP contribution >= 0.6 is 0 Å². The number of fused-ring (bicyclic) bond motifs is 1. The predicted octanol–water partition coefficient (Wildman–Crippen LogP) is 1.46. The number of hydrogen-bond acceptors (Lipinski definition) is 3. The van der Waals surface area contributed by atoms with E-state index in [1.54, 1.807) is 6.33 Å². The number of benzene rings is 1. The number of amides is 2. The highest BCUT2D eigenvalue weighted by molar-refractivity contribution is 5.87. The lowest BCUT2D eigenvalue weighted by Gasteiger charge is -2.29. The predicted molar refractivity (Wildman–Crippen MR) is 73.0 cm³/mol. The lowest BCUT2D eigenvalue weighted by Crippen LogP contribution is -2.30. The standard InChI is InChI=1S/C13H15N5O/c14-13(19)17-11-2-1-9-3-4-18(7-10(9)5-11)12-6-15-8-16-12/h1-2,5-6,8H,3-4,7H2,(H,15,16)(H3,14,17,19). The summed E-state index contributed by atoms with van der Waals surface area (Å²) < 4.78 is 0. The summed E-state index contributed by atoms with van der Waals surface area (Å²) in [7, 11) is 0. The molecule has 1 aliphatic heterocycles. The maximum absolute atomic E-state index is 10.9. The van der Waals surface area contributed by atoms with Crippen molar-refractivity contribution in [2.24, 2.45) is 5.73 Å². The van der Waals surface area contributed by atoms with Crippen molar-refractivity contribution in [3.63, 3.8) is 0 Å². The lowest BCUT2D eigenvalue weighted by molar-refractivity contribution is 0.259. The Morgan fingerprint density at radius 1 is 1.42 bits per heavy atom. The van der Waals surface area contributed by atoms with Crippen molar-refractivity contribution in [3.8, 4) is 0 Å². The van der Waals surface area contributed by atoms with Crippen molar-refractivity contribution < 1.29 is 4.79 Å². The Kier molecular flexibility index (Phi) is 2.83. The van der Waals surface area contributed by atoms with E-state index in [1.807, 2.05) is 24.4 Å². The molecule has 2 heterocycles. The highest BCUT2D eigenvalue weighted by atomic mass is 16.2. The first kappa shape index (κ1) is 11.6. The molecule has 0 unspecified atom stereocenters. The van der Waals surface area contributed by atoms with E-state index in [4.69, 9.17) is 5.73 Å². The summed E-state index contributed by atoms with van der Waals surface area (Å²) >= 11 is 0. The van der Waals surface area contributed by atoms with Crippen molar-refractivity contribution in [2.75, 3.05) is 16.8 Å².